The Balaban J connectivity index is 2.17. The largest absolute Gasteiger partial charge is 0.434 e. The number of carbonyl (C=O) groups excluding carboxylic acids is 1. The molecule has 1 heterocycles. The molecule has 1 amide bonds. The summed E-state index contributed by atoms with van der Waals surface area (Å²) in [5, 5.41) is 0. The summed E-state index contributed by atoms with van der Waals surface area (Å²) in [6.07, 6.45) is 4.14. The van der Waals surface area contributed by atoms with Crippen molar-refractivity contribution in [2.75, 3.05) is 13.1 Å². The lowest BCUT2D eigenvalue weighted by Gasteiger charge is -2.21. The van der Waals surface area contributed by atoms with Crippen molar-refractivity contribution in [2.24, 2.45) is 0 Å². The van der Waals surface area contributed by atoms with E-state index in [1.165, 1.54) is 12.1 Å². The van der Waals surface area contributed by atoms with Gasteiger partial charge in [0.25, 0.3) is 5.91 Å². The van der Waals surface area contributed by atoms with Gasteiger partial charge in [-0.25, -0.2) is 0 Å². The van der Waals surface area contributed by atoms with E-state index < -0.39 is 6.61 Å². The maximum atomic E-state index is 12.4. The van der Waals surface area contributed by atoms with E-state index in [9.17, 15) is 13.6 Å². The van der Waals surface area contributed by atoms with E-state index >= 15 is 0 Å². The molecule has 5 heteroatoms. The van der Waals surface area contributed by atoms with Crippen molar-refractivity contribution < 1.29 is 18.3 Å². The summed E-state index contributed by atoms with van der Waals surface area (Å²) in [7, 11) is 0. The number of likely N-dealkylation sites (tertiary alicyclic amines) is 1. The third kappa shape index (κ3) is 3.66. The van der Waals surface area contributed by atoms with E-state index in [0.29, 0.717) is 13.1 Å². The summed E-state index contributed by atoms with van der Waals surface area (Å²) in [5.74, 6) is -0.273. The smallest absolute Gasteiger partial charge is 0.387 e. The van der Waals surface area contributed by atoms with Crippen LogP contribution in [0.25, 0.3) is 0 Å². The first-order chi connectivity index (χ1) is 9.18. The SMILES string of the molecule is O=C(c1ccccc1OC(F)F)N1CCCCCC1. The lowest BCUT2D eigenvalue weighted by molar-refractivity contribution is -0.0502. The second kappa shape index (κ2) is 6.50. The Labute approximate surface area is 111 Å². The molecule has 0 atom stereocenters. The molecule has 1 aromatic carbocycles. The molecule has 104 valence electrons. The maximum absolute atomic E-state index is 12.4. The molecule has 0 radical (unpaired) electrons. The highest BCUT2D eigenvalue weighted by atomic mass is 19.3. The maximum Gasteiger partial charge on any atom is 0.387 e. The van der Waals surface area contributed by atoms with Gasteiger partial charge in [-0.2, -0.15) is 8.78 Å². The van der Waals surface area contributed by atoms with Crippen LogP contribution >= 0.6 is 0 Å². The molecule has 0 N–H and O–H groups in total. The van der Waals surface area contributed by atoms with Crippen LogP contribution in [0.1, 0.15) is 36.0 Å². The fraction of sp³-hybridized carbons (Fsp3) is 0.500. The number of ether oxygens (including phenoxy) is 1. The molecule has 0 aromatic heterocycles. The first-order valence-electron chi connectivity index (χ1n) is 6.51. The third-order valence-corrected chi connectivity index (χ3v) is 3.23. The predicted molar refractivity (Wildman–Crippen MR) is 67.4 cm³/mol. The van der Waals surface area contributed by atoms with Crippen molar-refractivity contribution in [2.45, 2.75) is 32.3 Å². The summed E-state index contributed by atoms with van der Waals surface area (Å²) in [6, 6.07) is 6.17. The van der Waals surface area contributed by atoms with Crippen LogP contribution in [0.5, 0.6) is 5.75 Å². The average Bonchev–Trinajstić information content (AvgIpc) is 2.67. The van der Waals surface area contributed by atoms with Gasteiger partial charge in [0.15, 0.2) is 0 Å². The number of hydrogen-bond acceptors (Lipinski definition) is 2. The van der Waals surface area contributed by atoms with Gasteiger partial charge < -0.3 is 9.64 Å². The summed E-state index contributed by atoms with van der Waals surface area (Å²) < 4.78 is 29.1. The average molecular weight is 269 g/mol. The zero-order valence-corrected chi connectivity index (χ0v) is 10.6. The Bertz CT molecular complexity index is 429. The van der Waals surface area contributed by atoms with Crippen LogP contribution in [0.4, 0.5) is 8.78 Å². The van der Waals surface area contributed by atoms with Gasteiger partial charge in [0.1, 0.15) is 5.75 Å². The molecule has 1 aromatic rings. The van der Waals surface area contributed by atoms with Crippen molar-refractivity contribution in [3.05, 3.63) is 29.8 Å². The van der Waals surface area contributed by atoms with Crippen LogP contribution < -0.4 is 4.74 Å². The van der Waals surface area contributed by atoms with Gasteiger partial charge in [-0.1, -0.05) is 25.0 Å². The minimum atomic E-state index is -2.92. The molecule has 0 saturated carbocycles. The molecule has 1 fully saturated rings. The molecule has 0 spiro atoms. The minimum Gasteiger partial charge on any atom is -0.434 e. The van der Waals surface area contributed by atoms with E-state index in [2.05, 4.69) is 4.74 Å². The highest BCUT2D eigenvalue weighted by Crippen LogP contribution is 2.23. The standard InChI is InChI=1S/C14H17F2NO2/c15-14(16)19-12-8-4-3-7-11(12)13(18)17-9-5-1-2-6-10-17/h3-4,7-8,14H,1-2,5-6,9-10H2. The second-order valence-electron chi connectivity index (χ2n) is 4.58. The number of para-hydroxylation sites is 1. The summed E-state index contributed by atoms with van der Waals surface area (Å²) in [5.41, 5.74) is 0.213. The van der Waals surface area contributed by atoms with E-state index in [4.69, 9.17) is 0 Å². The first kappa shape index (κ1) is 13.8. The molecule has 2 rings (SSSR count). The molecule has 19 heavy (non-hydrogen) atoms. The van der Waals surface area contributed by atoms with Crippen molar-refractivity contribution >= 4 is 5.91 Å². The molecule has 3 nitrogen and oxygen atoms in total. The highest BCUT2D eigenvalue weighted by Gasteiger charge is 2.21. The number of hydrogen-bond donors (Lipinski definition) is 0. The summed E-state index contributed by atoms with van der Waals surface area (Å²) >= 11 is 0. The Morgan fingerprint density at radius 1 is 1.11 bits per heavy atom. The van der Waals surface area contributed by atoms with Crippen LogP contribution in [-0.2, 0) is 0 Å². The van der Waals surface area contributed by atoms with E-state index in [0.717, 1.165) is 25.7 Å². The molecule has 0 bridgehead atoms. The Morgan fingerprint density at radius 2 is 1.74 bits per heavy atom. The predicted octanol–water partition coefficient (Wildman–Crippen LogP) is 3.30. The molecule has 1 saturated heterocycles. The van der Waals surface area contributed by atoms with E-state index in [-0.39, 0.29) is 17.2 Å². The van der Waals surface area contributed by atoms with Crippen LogP contribution in [0.3, 0.4) is 0 Å². The Hall–Kier alpha value is -1.65. The van der Waals surface area contributed by atoms with E-state index in [1.54, 1.807) is 17.0 Å². The topological polar surface area (TPSA) is 29.5 Å². The van der Waals surface area contributed by atoms with Crippen LogP contribution in [-0.4, -0.2) is 30.5 Å². The fourth-order valence-corrected chi connectivity index (χ4v) is 2.29. The molecule has 0 unspecified atom stereocenters. The van der Waals surface area contributed by atoms with E-state index in [1.807, 2.05) is 0 Å². The monoisotopic (exact) mass is 269 g/mol. The van der Waals surface area contributed by atoms with Gasteiger partial charge in [-0.3, -0.25) is 4.79 Å². The van der Waals surface area contributed by atoms with Crippen molar-refractivity contribution in [3.63, 3.8) is 0 Å². The van der Waals surface area contributed by atoms with Crippen LogP contribution in [0.2, 0.25) is 0 Å². The normalized spacial score (nSPS) is 16.3. The number of benzene rings is 1. The number of rotatable bonds is 3. The van der Waals surface area contributed by atoms with Crippen molar-refractivity contribution in [1.29, 1.82) is 0 Å². The molecule has 1 aliphatic rings. The third-order valence-electron chi connectivity index (χ3n) is 3.23. The minimum absolute atomic E-state index is 0.0493. The van der Waals surface area contributed by atoms with Gasteiger partial charge in [0, 0.05) is 13.1 Å². The Morgan fingerprint density at radius 3 is 2.37 bits per heavy atom. The van der Waals surface area contributed by atoms with Gasteiger partial charge in [-0.15, -0.1) is 0 Å². The molecular weight excluding hydrogens is 252 g/mol. The number of carbonyl (C=O) groups is 1. The van der Waals surface area contributed by atoms with Gasteiger partial charge >= 0.3 is 6.61 Å². The number of halogens is 2. The quantitative estimate of drug-likeness (QED) is 0.842. The van der Waals surface area contributed by atoms with Crippen LogP contribution in [0, 0.1) is 0 Å². The number of alkyl halides is 2. The zero-order chi connectivity index (χ0) is 13.7. The van der Waals surface area contributed by atoms with Gasteiger partial charge in [-0.05, 0) is 25.0 Å². The zero-order valence-electron chi connectivity index (χ0n) is 10.6. The van der Waals surface area contributed by atoms with Crippen molar-refractivity contribution in [1.82, 2.24) is 4.90 Å². The Kier molecular flexibility index (Phi) is 4.71. The van der Waals surface area contributed by atoms with Crippen molar-refractivity contribution in [3.8, 4) is 5.75 Å². The summed E-state index contributed by atoms with van der Waals surface area (Å²) in [6.45, 7) is -1.55. The van der Waals surface area contributed by atoms with Gasteiger partial charge in [0.05, 0.1) is 5.56 Å². The molecule has 1 aliphatic heterocycles. The highest BCUT2D eigenvalue weighted by molar-refractivity contribution is 5.96. The second-order valence-corrected chi connectivity index (χ2v) is 4.58. The van der Waals surface area contributed by atoms with Crippen LogP contribution in [0.15, 0.2) is 24.3 Å². The van der Waals surface area contributed by atoms with Gasteiger partial charge in [0.2, 0.25) is 0 Å². The molecule has 0 aliphatic carbocycles. The lowest BCUT2D eigenvalue weighted by Crippen LogP contribution is -2.32. The summed E-state index contributed by atoms with van der Waals surface area (Å²) in [4.78, 5) is 14.1. The lowest BCUT2D eigenvalue weighted by atomic mass is 10.1. The molecular formula is C14H17F2NO2. The first-order valence-corrected chi connectivity index (χ1v) is 6.51. The number of nitrogens with zero attached hydrogens (tertiary/aromatic N) is 1. The number of amides is 1. The fourth-order valence-electron chi connectivity index (χ4n) is 2.29.